The van der Waals surface area contributed by atoms with Gasteiger partial charge in [0.1, 0.15) is 45.1 Å². The predicted octanol–water partition coefficient (Wildman–Crippen LogP) is 0.0527. The van der Waals surface area contributed by atoms with Crippen molar-refractivity contribution in [3.63, 3.8) is 0 Å². The Hall–Kier alpha value is -2.90. The standard InChI is InChI=1S/C24H31N3O4/c1-19(2)31-24(29)20-8-10-21(11-9-20)25-23(28)18-27-14-12-26(13-15-27)16-17-30-22-6-4-3-5-7-22/h3-11,19H,12-18H2,1-2H3,(H,25,28)/p+2. The molecule has 1 fully saturated rings. The molecule has 0 saturated carbocycles. The van der Waals surface area contributed by atoms with E-state index in [1.807, 2.05) is 44.2 Å². The van der Waals surface area contributed by atoms with Gasteiger partial charge in [-0.3, -0.25) is 4.79 Å². The SMILES string of the molecule is CC(C)OC(=O)c1ccc(NC(=O)C[NH+]2CC[NH+](CCOc3ccccc3)CC2)cc1. The van der Waals surface area contributed by atoms with Crippen molar-refractivity contribution in [3.8, 4) is 5.75 Å². The summed E-state index contributed by atoms with van der Waals surface area (Å²) in [4.78, 5) is 27.1. The van der Waals surface area contributed by atoms with Crippen LogP contribution in [0.25, 0.3) is 0 Å². The van der Waals surface area contributed by atoms with E-state index in [-0.39, 0.29) is 18.0 Å². The normalized spacial score (nSPS) is 18.4. The molecule has 1 aliphatic rings. The highest BCUT2D eigenvalue weighted by Crippen LogP contribution is 2.11. The Labute approximate surface area is 183 Å². The summed E-state index contributed by atoms with van der Waals surface area (Å²) in [7, 11) is 0. The number of carbonyl (C=O) groups is 2. The molecule has 1 heterocycles. The molecule has 0 atom stereocenters. The Morgan fingerprint density at radius 1 is 0.935 bits per heavy atom. The molecule has 0 spiro atoms. The second-order valence-electron chi connectivity index (χ2n) is 8.17. The third kappa shape index (κ3) is 7.70. The summed E-state index contributed by atoms with van der Waals surface area (Å²) in [6.07, 6.45) is -0.159. The van der Waals surface area contributed by atoms with Crippen LogP contribution in [0.4, 0.5) is 5.69 Å². The first kappa shape index (κ1) is 22.8. The maximum Gasteiger partial charge on any atom is 0.338 e. The summed E-state index contributed by atoms with van der Waals surface area (Å²) in [6.45, 7) is 9.76. The molecule has 7 heteroatoms. The average Bonchev–Trinajstić information content (AvgIpc) is 2.76. The first-order valence-corrected chi connectivity index (χ1v) is 11.0. The number of nitrogens with one attached hydrogen (secondary N) is 3. The molecule has 2 aromatic carbocycles. The highest BCUT2D eigenvalue weighted by molar-refractivity contribution is 5.93. The Morgan fingerprint density at radius 3 is 2.23 bits per heavy atom. The molecule has 7 nitrogen and oxygen atoms in total. The van der Waals surface area contributed by atoms with Crippen molar-refractivity contribution in [1.29, 1.82) is 0 Å². The number of amides is 1. The molecule has 0 aromatic heterocycles. The van der Waals surface area contributed by atoms with Crippen molar-refractivity contribution in [3.05, 3.63) is 60.2 Å². The molecule has 31 heavy (non-hydrogen) atoms. The van der Waals surface area contributed by atoms with Gasteiger partial charge in [-0.05, 0) is 50.2 Å². The molecule has 1 saturated heterocycles. The third-order valence-corrected chi connectivity index (χ3v) is 5.29. The minimum Gasteiger partial charge on any atom is -0.488 e. The van der Waals surface area contributed by atoms with E-state index >= 15 is 0 Å². The molecule has 3 rings (SSSR count). The molecule has 0 radical (unpaired) electrons. The van der Waals surface area contributed by atoms with Crippen molar-refractivity contribution < 1.29 is 28.9 Å². The first-order valence-electron chi connectivity index (χ1n) is 11.0. The van der Waals surface area contributed by atoms with Crippen molar-refractivity contribution in [2.75, 3.05) is 51.2 Å². The van der Waals surface area contributed by atoms with Crippen LogP contribution in [0.1, 0.15) is 24.2 Å². The monoisotopic (exact) mass is 427 g/mol. The fourth-order valence-electron chi connectivity index (χ4n) is 3.62. The third-order valence-electron chi connectivity index (χ3n) is 5.29. The minimum atomic E-state index is -0.355. The van der Waals surface area contributed by atoms with Crippen molar-refractivity contribution >= 4 is 17.6 Å². The van der Waals surface area contributed by atoms with Crippen LogP contribution in [-0.2, 0) is 9.53 Å². The number of piperazine rings is 1. The van der Waals surface area contributed by atoms with Crippen LogP contribution in [-0.4, -0.2) is 63.9 Å². The molecule has 2 aromatic rings. The lowest BCUT2D eigenvalue weighted by molar-refractivity contribution is -1.01. The van der Waals surface area contributed by atoms with Gasteiger partial charge in [-0.1, -0.05) is 18.2 Å². The van der Waals surface area contributed by atoms with Gasteiger partial charge in [-0.2, -0.15) is 0 Å². The fourth-order valence-corrected chi connectivity index (χ4v) is 3.62. The number of quaternary nitrogens is 2. The molecule has 1 amide bonds. The Morgan fingerprint density at radius 2 is 1.58 bits per heavy atom. The van der Waals surface area contributed by atoms with Gasteiger partial charge in [0.15, 0.2) is 6.54 Å². The molecule has 0 aliphatic carbocycles. The van der Waals surface area contributed by atoms with E-state index in [2.05, 4.69) is 5.32 Å². The Bertz CT molecular complexity index is 832. The predicted molar refractivity (Wildman–Crippen MR) is 119 cm³/mol. The number of para-hydroxylation sites is 1. The number of anilines is 1. The van der Waals surface area contributed by atoms with Crippen molar-refractivity contribution in [2.24, 2.45) is 0 Å². The van der Waals surface area contributed by atoms with E-state index in [0.717, 1.165) is 38.5 Å². The first-order chi connectivity index (χ1) is 15.0. The Kier molecular flexibility index (Phi) is 8.44. The second-order valence-corrected chi connectivity index (χ2v) is 8.17. The highest BCUT2D eigenvalue weighted by atomic mass is 16.5. The number of rotatable bonds is 9. The van der Waals surface area contributed by atoms with E-state index < -0.39 is 0 Å². The van der Waals surface area contributed by atoms with Crippen LogP contribution in [0.5, 0.6) is 5.75 Å². The summed E-state index contributed by atoms with van der Waals surface area (Å²) < 4.78 is 11.0. The summed E-state index contributed by atoms with van der Waals surface area (Å²) in [6, 6.07) is 16.7. The topological polar surface area (TPSA) is 73.5 Å². The molecule has 166 valence electrons. The number of carbonyl (C=O) groups excluding carboxylic acids is 2. The number of benzene rings is 2. The van der Waals surface area contributed by atoms with Crippen LogP contribution in [0.2, 0.25) is 0 Å². The maximum absolute atomic E-state index is 12.4. The van der Waals surface area contributed by atoms with E-state index in [9.17, 15) is 9.59 Å². The van der Waals surface area contributed by atoms with Gasteiger partial charge in [0, 0.05) is 5.69 Å². The van der Waals surface area contributed by atoms with Gasteiger partial charge in [0.05, 0.1) is 11.7 Å². The maximum atomic E-state index is 12.4. The van der Waals surface area contributed by atoms with E-state index in [0.29, 0.717) is 24.4 Å². The molecular formula is C24H33N3O4+2. The molecule has 0 bridgehead atoms. The summed E-state index contributed by atoms with van der Waals surface area (Å²) in [5.41, 5.74) is 1.17. The van der Waals surface area contributed by atoms with Gasteiger partial charge in [-0.15, -0.1) is 0 Å². The number of hydrogen-bond donors (Lipinski definition) is 3. The van der Waals surface area contributed by atoms with Gasteiger partial charge in [0.2, 0.25) is 0 Å². The Balaban J connectivity index is 1.34. The fraction of sp³-hybridized carbons (Fsp3) is 0.417. The lowest BCUT2D eigenvalue weighted by Gasteiger charge is -2.29. The quantitative estimate of drug-likeness (QED) is 0.495. The number of esters is 1. The smallest absolute Gasteiger partial charge is 0.338 e. The minimum absolute atomic E-state index is 0.0108. The van der Waals surface area contributed by atoms with Gasteiger partial charge in [0.25, 0.3) is 5.91 Å². The van der Waals surface area contributed by atoms with E-state index in [1.165, 1.54) is 9.80 Å². The largest absolute Gasteiger partial charge is 0.488 e. The lowest BCUT2D eigenvalue weighted by Crippen LogP contribution is -3.28. The van der Waals surface area contributed by atoms with E-state index in [1.54, 1.807) is 24.3 Å². The van der Waals surface area contributed by atoms with Gasteiger partial charge < -0.3 is 24.6 Å². The zero-order chi connectivity index (χ0) is 22.1. The zero-order valence-electron chi connectivity index (χ0n) is 18.4. The molecule has 0 unspecified atom stereocenters. The summed E-state index contributed by atoms with van der Waals surface area (Å²) in [5.74, 6) is 0.544. The van der Waals surface area contributed by atoms with Crippen LogP contribution in [0, 0.1) is 0 Å². The lowest BCUT2D eigenvalue weighted by atomic mass is 10.2. The van der Waals surface area contributed by atoms with Gasteiger partial charge in [-0.25, -0.2) is 4.79 Å². The van der Waals surface area contributed by atoms with Crippen molar-refractivity contribution in [1.82, 2.24) is 0 Å². The molecule has 3 N–H and O–H groups in total. The number of hydrogen-bond acceptors (Lipinski definition) is 4. The van der Waals surface area contributed by atoms with Gasteiger partial charge >= 0.3 is 5.97 Å². The van der Waals surface area contributed by atoms with Crippen LogP contribution in [0.15, 0.2) is 54.6 Å². The second kappa shape index (κ2) is 11.5. The van der Waals surface area contributed by atoms with Crippen LogP contribution < -0.4 is 19.9 Å². The highest BCUT2D eigenvalue weighted by Gasteiger charge is 2.24. The average molecular weight is 428 g/mol. The van der Waals surface area contributed by atoms with Crippen molar-refractivity contribution in [2.45, 2.75) is 20.0 Å². The molecular weight excluding hydrogens is 394 g/mol. The summed E-state index contributed by atoms with van der Waals surface area (Å²) in [5, 5.41) is 2.92. The molecule has 1 aliphatic heterocycles. The zero-order valence-corrected chi connectivity index (χ0v) is 18.4. The number of ether oxygens (including phenoxy) is 2. The van der Waals surface area contributed by atoms with E-state index in [4.69, 9.17) is 9.47 Å². The van der Waals surface area contributed by atoms with Crippen LogP contribution >= 0.6 is 0 Å². The van der Waals surface area contributed by atoms with Crippen LogP contribution in [0.3, 0.4) is 0 Å². The summed E-state index contributed by atoms with van der Waals surface area (Å²) >= 11 is 0.